The van der Waals surface area contributed by atoms with Crippen LogP contribution in [0, 0.1) is 16.7 Å². The Kier molecular flexibility index (Phi) is 9.78. The highest BCUT2D eigenvalue weighted by Crippen LogP contribution is 2.33. The zero-order valence-corrected chi connectivity index (χ0v) is 19.1. The minimum atomic E-state index is -1.65. The second-order valence-corrected chi connectivity index (χ2v) is 7.53. The number of methoxy groups -OCH3 is 1. The largest absolute Gasteiger partial charge is 0.465 e. The lowest BCUT2D eigenvalue weighted by molar-refractivity contribution is -0.171. The van der Waals surface area contributed by atoms with Gasteiger partial charge in [0.2, 0.25) is 0 Å². The Morgan fingerprint density at radius 1 is 0.912 bits per heavy atom. The van der Waals surface area contributed by atoms with Gasteiger partial charge in [-0.15, -0.1) is 0 Å². The smallest absolute Gasteiger partial charge is 0.337 e. The van der Waals surface area contributed by atoms with Gasteiger partial charge in [-0.05, 0) is 54.7 Å². The van der Waals surface area contributed by atoms with Gasteiger partial charge in [-0.2, -0.15) is 5.26 Å². The number of hydrogen-bond donors (Lipinski definition) is 0. The number of hydrogen-bond acceptors (Lipinski definition) is 7. The molecule has 0 amide bonds. The zero-order valence-electron chi connectivity index (χ0n) is 19.1. The van der Waals surface area contributed by atoms with Crippen molar-refractivity contribution < 1.29 is 28.6 Å². The molecule has 0 fully saturated rings. The monoisotopic (exact) mass is 461 g/mol. The van der Waals surface area contributed by atoms with Crippen molar-refractivity contribution in [3.05, 3.63) is 96.1 Å². The van der Waals surface area contributed by atoms with Crippen molar-refractivity contribution in [1.29, 1.82) is 5.26 Å². The molecular weight excluding hydrogens is 434 g/mol. The van der Waals surface area contributed by atoms with E-state index in [0.717, 1.165) is 5.56 Å². The van der Waals surface area contributed by atoms with Crippen LogP contribution in [0.4, 0.5) is 0 Å². The summed E-state index contributed by atoms with van der Waals surface area (Å²) >= 11 is 0. The summed E-state index contributed by atoms with van der Waals surface area (Å²) in [7, 11) is 1.29. The zero-order chi connectivity index (χ0) is 25.0. The average molecular weight is 462 g/mol. The second-order valence-electron chi connectivity index (χ2n) is 7.53. The summed E-state index contributed by atoms with van der Waals surface area (Å²) in [6.45, 7) is 7.00. The van der Waals surface area contributed by atoms with Gasteiger partial charge in [-0.1, -0.05) is 49.6 Å². The van der Waals surface area contributed by atoms with Crippen LogP contribution in [0.25, 0.3) is 0 Å². The van der Waals surface area contributed by atoms with Crippen molar-refractivity contribution in [1.82, 2.24) is 0 Å². The summed E-state index contributed by atoms with van der Waals surface area (Å²) < 4.78 is 15.4. The molecule has 2 aromatic carbocycles. The van der Waals surface area contributed by atoms with Gasteiger partial charge in [-0.25, -0.2) is 4.79 Å². The van der Waals surface area contributed by atoms with E-state index in [2.05, 4.69) is 19.2 Å². The van der Waals surface area contributed by atoms with E-state index in [0.29, 0.717) is 23.1 Å². The number of nitrogens with zero attached hydrogens (tertiary/aromatic N) is 1. The van der Waals surface area contributed by atoms with E-state index >= 15 is 0 Å². The molecule has 0 saturated carbocycles. The third-order valence-corrected chi connectivity index (χ3v) is 5.25. The highest BCUT2D eigenvalue weighted by molar-refractivity contribution is 6.00. The van der Waals surface area contributed by atoms with E-state index in [-0.39, 0.29) is 26.1 Å². The summed E-state index contributed by atoms with van der Waals surface area (Å²) in [4.78, 5) is 38.3. The molecule has 0 heterocycles. The van der Waals surface area contributed by atoms with Gasteiger partial charge < -0.3 is 14.2 Å². The fraction of sp³-hybridized carbons (Fsp3) is 0.259. The summed E-state index contributed by atoms with van der Waals surface area (Å²) in [5.41, 5.74) is 0.692. The molecule has 0 aromatic heterocycles. The first-order chi connectivity index (χ1) is 16.4. The molecule has 2 aromatic rings. The first kappa shape index (κ1) is 26.1. The van der Waals surface area contributed by atoms with Crippen LogP contribution in [0.3, 0.4) is 0 Å². The number of ether oxygens (including phenoxy) is 3. The van der Waals surface area contributed by atoms with E-state index < -0.39 is 23.3 Å². The summed E-state index contributed by atoms with van der Waals surface area (Å²) in [5.74, 6) is -1.95. The molecule has 0 aliphatic heterocycles. The van der Waals surface area contributed by atoms with Crippen LogP contribution in [-0.4, -0.2) is 38.2 Å². The molecule has 2 rings (SSSR count). The maximum Gasteiger partial charge on any atom is 0.337 e. The normalized spacial score (nSPS) is 10.5. The quantitative estimate of drug-likeness (QED) is 0.204. The molecule has 0 spiro atoms. The Bertz CT molecular complexity index is 1040. The van der Waals surface area contributed by atoms with E-state index in [1.807, 2.05) is 0 Å². The molecule has 0 N–H and O–H groups in total. The molecule has 0 aliphatic rings. The maximum absolute atomic E-state index is 13.3. The van der Waals surface area contributed by atoms with Crippen LogP contribution in [0.2, 0.25) is 0 Å². The maximum atomic E-state index is 13.3. The third-order valence-electron chi connectivity index (χ3n) is 5.25. The number of carbonyl (C=O) groups is 3. The van der Waals surface area contributed by atoms with Crippen LogP contribution >= 0.6 is 0 Å². The standard InChI is InChI=1S/C27H27NO6/c1-4-16-33-25(30)27(26(31)34-17-5-2,15-14-20-6-8-22(19-28)9-7-20)18-21-10-12-23(13-11-21)24(29)32-3/h4-13H,1-2,14-18H2,3H3. The molecule has 0 saturated heterocycles. The Hall–Kier alpha value is -4.18. The molecule has 176 valence electrons. The summed E-state index contributed by atoms with van der Waals surface area (Å²) in [5, 5.41) is 9.01. The van der Waals surface area contributed by atoms with Gasteiger partial charge in [0.25, 0.3) is 0 Å². The van der Waals surface area contributed by atoms with Crippen LogP contribution in [-0.2, 0) is 36.6 Å². The van der Waals surface area contributed by atoms with Crippen LogP contribution in [0.15, 0.2) is 73.8 Å². The Morgan fingerprint density at radius 3 is 1.91 bits per heavy atom. The predicted molar refractivity (Wildman–Crippen MR) is 126 cm³/mol. The Morgan fingerprint density at radius 2 is 1.44 bits per heavy atom. The molecule has 0 aliphatic carbocycles. The van der Waals surface area contributed by atoms with Crippen molar-refractivity contribution in [3.8, 4) is 6.07 Å². The van der Waals surface area contributed by atoms with Crippen LogP contribution < -0.4 is 0 Å². The van der Waals surface area contributed by atoms with Gasteiger partial charge in [0.1, 0.15) is 13.2 Å². The lowest BCUT2D eigenvalue weighted by Gasteiger charge is -2.29. The van der Waals surface area contributed by atoms with E-state index in [9.17, 15) is 14.4 Å². The lowest BCUT2D eigenvalue weighted by Crippen LogP contribution is -2.44. The van der Waals surface area contributed by atoms with Gasteiger partial charge in [-0.3, -0.25) is 9.59 Å². The van der Waals surface area contributed by atoms with Gasteiger partial charge in [0.15, 0.2) is 5.41 Å². The molecule has 0 radical (unpaired) electrons. The number of aryl methyl sites for hydroxylation is 1. The van der Waals surface area contributed by atoms with Crippen molar-refractivity contribution in [2.45, 2.75) is 19.3 Å². The number of benzene rings is 2. The summed E-state index contributed by atoms with van der Waals surface area (Å²) in [6.07, 6.45) is 3.30. The molecular formula is C27H27NO6. The van der Waals surface area contributed by atoms with Crippen molar-refractivity contribution in [3.63, 3.8) is 0 Å². The van der Waals surface area contributed by atoms with Crippen LogP contribution in [0.1, 0.15) is 33.5 Å². The van der Waals surface area contributed by atoms with E-state index in [4.69, 9.17) is 19.5 Å². The molecule has 34 heavy (non-hydrogen) atoms. The number of rotatable bonds is 12. The predicted octanol–water partition coefficient (Wildman–Crippen LogP) is 3.96. The molecule has 7 heteroatoms. The molecule has 7 nitrogen and oxygen atoms in total. The second kappa shape index (κ2) is 12.8. The highest BCUT2D eigenvalue weighted by atomic mass is 16.6. The third kappa shape index (κ3) is 6.66. The number of esters is 3. The fourth-order valence-corrected chi connectivity index (χ4v) is 3.39. The van der Waals surface area contributed by atoms with Gasteiger partial charge in [0.05, 0.1) is 24.3 Å². The summed E-state index contributed by atoms with van der Waals surface area (Å²) in [6, 6.07) is 15.4. The van der Waals surface area contributed by atoms with E-state index in [1.165, 1.54) is 19.3 Å². The topological polar surface area (TPSA) is 103 Å². The van der Waals surface area contributed by atoms with Crippen LogP contribution in [0.5, 0.6) is 0 Å². The molecule has 0 atom stereocenters. The number of nitriles is 1. The highest BCUT2D eigenvalue weighted by Gasteiger charge is 2.48. The van der Waals surface area contributed by atoms with Crippen molar-refractivity contribution in [2.24, 2.45) is 5.41 Å². The van der Waals surface area contributed by atoms with Crippen molar-refractivity contribution in [2.75, 3.05) is 20.3 Å². The minimum Gasteiger partial charge on any atom is -0.465 e. The minimum absolute atomic E-state index is 0.00329. The first-order valence-electron chi connectivity index (χ1n) is 10.6. The lowest BCUT2D eigenvalue weighted by atomic mass is 9.76. The SMILES string of the molecule is C=CCOC(=O)C(CCc1ccc(C#N)cc1)(Cc1ccc(C(=O)OC)cc1)C(=O)OCC=C. The molecule has 0 bridgehead atoms. The van der Waals surface area contributed by atoms with Gasteiger partial charge in [0, 0.05) is 0 Å². The first-order valence-corrected chi connectivity index (χ1v) is 10.6. The molecule has 0 unspecified atom stereocenters. The van der Waals surface area contributed by atoms with E-state index in [1.54, 1.807) is 48.5 Å². The fourth-order valence-electron chi connectivity index (χ4n) is 3.39. The van der Waals surface area contributed by atoms with Gasteiger partial charge >= 0.3 is 17.9 Å². The van der Waals surface area contributed by atoms with Crippen molar-refractivity contribution >= 4 is 17.9 Å². The number of carbonyl (C=O) groups excluding carboxylic acids is 3. The Labute approximate surface area is 199 Å². The average Bonchev–Trinajstić information content (AvgIpc) is 2.88. The Balaban J connectivity index is 2.44.